The van der Waals surface area contributed by atoms with E-state index in [4.69, 9.17) is 53.2 Å². The summed E-state index contributed by atoms with van der Waals surface area (Å²) >= 11 is 0.569. The Morgan fingerprint density at radius 3 is 1.07 bits per heavy atom. The topological polar surface area (TPSA) is 146 Å². The summed E-state index contributed by atoms with van der Waals surface area (Å²) in [6.07, 6.45) is 0. The Morgan fingerprint density at radius 2 is 1.07 bits per heavy atom. The molecule has 0 N–H and O–H groups in total. The zero-order valence-electron chi connectivity index (χ0n) is 5.42. The van der Waals surface area contributed by atoms with Gasteiger partial charge < -0.3 is 24.4 Å². The SMILES string of the molecule is O=S(=O)([O-])[O-].O=[N+]([O-])[O-].[Cl][Ni][Cl].[Ni+2].[Ni+2]. The molecule has 0 aromatic heterocycles. The van der Waals surface area contributed by atoms with E-state index in [2.05, 4.69) is 0 Å². The predicted octanol–water partition coefficient (Wildman–Crippen LogP) is -0.206. The molecule has 0 heterocycles. The molecule has 0 radical (unpaired) electrons. The van der Waals surface area contributed by atoms with Crippen LogP contribution in [0.4, 0.5) is 0 Å². The minimum Gasteiger partial charge on any atom is 2.00 e. The Kier molecular flexibility index (Phi) is 41.3. The summed E-state index contributed by atoms with van der Waals surface area (Å²) in [5.74, 6) is 0. The van der Waals surface area contributed by atoms with E-state index in [1.165, 1.54) is 0 Å². The van der Waals surface area contributed by atoms with Crippen molar-refractivity contribution in [3.63, 3.8) is 0 Å². The molecule has 0 spiro atoms. The maximum Gasteiger partial charge on any atom is 2.00 e. The number of hydrogen-bond donors (Lipinski definition) is 0. The van der Waals surface area contributed by atoms with Crippen molar-refractivity contribution in [2.45, 2.75) is 0 Å². The van der Waals surface area contributed by atoms with Gasteiger partial charge in [0.2, 0.25) is 0 Å². The van der Waals surface area contributed by atoms with Crippen LogP contribution < -0.4 is 0 Å². The van der Waals surface area contributed by atoms with Crippen molar-refractivity contribution < 1.29 is 68.2 Å². The molecule has 96 valence electrons. The number of halogens is 2. The minimum absolute atomic E-state index is 0. The third kappa shape index (κ3) is 1510. The predicted molar refractivity (Wildman–Crippen MR) is 32.5 cm³/mol. The molecule has 8 nitrogen and oxygen atoms in total. The average Bonchev–Trinajstić information content (AvgIpc) is 1.56. The van der Waals surface area contributed by atoms with Gasteiger partial charge in [0.05, 0.1) is 5.09 Å². The zero-order valence-corrected chi connectivity index (χ0v) is 10.7. The van der Waals surface area contributed by atoms with Crippen molar-refractivity contribution in [1.82, 2.24) is 0 Å². The summed E-state index contributed by atoms with van der Waals surface area (Å²) in [6, 6.07) is 0. The first kappa shape index (κ1) is 29.4. The van der Waals surface area contributed by atoms with Crippen LogP contribution in [-0.4, -0.2) is 22.6 Å². The average molecular weight is 405 g/mol. The molecule has 0 rings (SSSR count). The Morgan fingerprint density at radius 1 is 1.07 bits per heavy atom. The van der Waals surface area contributed by atoms with E-state index in [0.717, 1.165) is 0 Å². The van der Waals surface area contributed by atoms with Gasteiger partial charge in [-0.1, -0.05) is 0 Å². The molecule has 0 aliphatic carbocycles. The van der Waals surface area contributed by atoms with Gasteiger partial charge in [-0.3, -0.25) is 8.42 Å². The van der Waals surface area contributed by atoms with Crippen molar-refractivity contribution in [1.29, 1.82) is 0 Å². The Bertz CT molecular complexity index is 181. The van der Waals surface area contributed by atoms with E-state index in [1.807, 2.05) is 0 Å². The largest absolute Gasteiger partial charge is 2.00 e. The van der Waals surface area contributed by atoms with E-state index in [-0.39, 0.29) is 33.0 Å². The molecule has 14 heteroatoms. The fourth-order valence-corrected chi connectivity index (χ4v) is 0. The monoisotopic (exact) mass is 402 g/mol. The van der Waals surface area contributed by atoms with Crippen LogP contribution in [0.3, 0.4) is 0 Å². The summed E-state index contributed by atoms with van der Waals surface area (Å²) < 4.78 is 34.1. The van der Waals surface area contributed by atoms with E-state index in [9.17, 15) is 0 Å². The Balaban J connectivity index is -0.0000000278. The molecular formula is Cl2NNi3O7S+. The number of rotatable bonds is 0. The van der Waals surface area contributed by atoms with Crippen LogP contribution in [0.15, 0.2) is 0 Å². The maximum atomic E-state index is 8.52. The van der Waals surface area contributed by atoms with Gasteiger partial charge in [-0.15, -0.1) is 0 Å². The minimum atomic E-state index is -5.17. The van der Waals surface area contributed by atoms with Gasteiger partial charge in [-0.25, -0.2) is 0 Å². The second-order valence-electron chi connectivity index (χ2n) is 0.677. The van der Waals surface area contributed by atoms with Crippen LogP contribution in [0.1, 0.15) is 0 Å². The molecule has 0 atom stereocenters. The van der Waals surface area contributed by atoms with Gasteiger partial charge in [0.15, 0.2) is 0 Å². The van der Waals surface area contributed by atoms with Gasteiger partial charge in [-0.05, 0) is 0 Å². The molecular weight excluding hydrogens is 405 g/mol. The molecule has 0 aromatic carbocycles. The first-order chi connectivity index (χ1) is 5.15. The summed E-state index contributed by atoms with van der Waals surface area (Å²) in [5, 5.41) is 14.8. The number of hydrogen-bond acceptors (Lipinski definition) is 7. The quantitative estimate of drug-likeness (QED) is 0.178. The summed E-state index contributed by atoms with van der Waals surface area (Å²) in [6.45, 7) is 0. The molecule has 0 aliphatic heterocycles. The van der Waals surface area contributed by atoms with Gasteiger partial charge in [-0.2, -0.15) is 0 Å². The molecule has 0 bridgehead atoms. The van der Waals surface area contributed by atoms with Crippen molar-refractivity contribution in [2.24, 2.45) is 0 Å². The molecule has 0 fully saturated rings. The molecule has 0 unspecified atom stereocenters. The normalized spacial score (nSPS) is 7.43. The molecule has 14 heavy (non-hydrogen) atoms. The van der Waals surface area contributed by atoms with Crippen LogP contribution in [0.25, 0.3) is 0 Å². The third-order valence-corrected chi connectivity index (χ3v) is 0. The fraction of sp³-hybridized carbons (Fsp3) is 0. The van der Waals surface area contributed by atoms with Crippen LogP contribution in [0, 0.1) is 15.3 Å². The second-order valence-corrected chi connectivity index (χ2v) is 3.12. The maximum absolute atomic E-state index is 8.52. The van der Waals surface area contributed by atoms with E-state index >= 15 is 0 Å². The molecule has 0 saturated carbocycles. The fourth-order valence-electron chi connectivity index (χ4n) is 0. The Labute approximate surface area is 114 Å². The first-order valence-corrected chi connectivity index (χ1v) is 5.50. The van der Waals surface area contributed by atoms with Crippen molar-refractivity contribution in [3.05, 3.63) is 15.3 Å². The zero-order chi connectivity index (χ0) is 10.8. The van der Waals surface area contributed by atoms with Crippen molar-refractivity contribution >= 4 is 30.8 Å². The van der Waals surface area contributed by atoms with Gasteiger partial charge in [0.1, 0.15) is 0 Å². The van der Waals surface area contributed by atoms with Gasteiger partial charge in [0, 0.05) is 10.4 Å². The van der Waals surface area contributed by atoms with Crippen LogP contribution >= 0.6 is 20.4 Å². The summed E-state index contributed by atoms with van der Waals surface area (Å²) in [5.41, 5.74) is 0. The Hall–Kier alpha value is 1.13. The molecule has 0 aliphatic rings. The summed E-state index contributed by atoms with van der Waals surface area (Å²) in [4.78, 5) is 8.25. The van der Waals surface area contributed by atoms with Crippen LogP contribution in [0.5, 0.6) is 0 Å². The van der Waals surface area contributed by atoms with Gasteiger partial charge in [0.25, 0.3) is 0 Å². The van der Waals surface area contributed by atoms with Crippen LogP contribution in [-0.2, 0) is 56.0 Å². The molecule has 0 aromatic rings. The standard InChI is InChI=1S/2ClH.NO3.3Ni.H2O4S/c;;2-1(3)4;;;;1-5(2,3)4/h2*1H;;;;;(H2,1,2,3,4)/q;;-1;3*+2;/p-4. The van der Waals surface area contributed by atoms with E-state index < -0.39 is 15.5 Å². The van der Waals surface area contributed by atoms with Crippen molar-refractivity contribution in [3.8, 4) is 0 Å². The first-order valence-electron chi connectivity index (χ1n) is 1.45. The molecule has 0 saturated heterocycles. The third-order valence-electron chi connectivity index (χ3n) is 0. The smallest absolute Gasteiger partial charge is 2.00 e. The van der Waals surface area contributed by atoms with Crippen LogP contribution in [0.2, 0.25) is 0 Å². The van der Waals surface area contributed by atoms with E-state index in [0.29, 0.717) is 12.7 Å². The van der Waals surface area contributed by atoms with Gasteiger partial charge >= 0.3 is 66.0 Å². The second kappa shape index (κ2) is 19.7. The van der Waals surface area contributed by atoms with E-state index in [1.54, 1.807) is 0 Å². The number of nitrogens with zero attached hydrogens (tertiary/aromatic N) is 1. The molecule has 0 amide bonds. The summed E-state index contributed by atoms with van der Waals surface area (Å²) in [7, 11) is 4.24. The van der Waals surface area contributed by atoms with Crippen molar-refractivity contribution in [2.75, 3.05) is 0 Å².